The van der Waals surface area contributed by atoms with E-state index < -0.39 is 15.7 Å². The summed E-state index contributed by atoms with van der Waals surface area (Å²) in [6.45, 7) is 0. The first-order valence-electron chi connectivity index (χ1n) is 6.29. The van der Waals surface area contributed by atoms with Gasteiger partial charge in [-0.15, -0.1) is 0 Å². The molecule has 8 heteroatoms. The van der Waals surface area contributed by atoms with E-state index in [1.54, 1.807) is 12.1 Å². The Labute approximate surface area is 141 Å². The average molecular weight is 371 g/mol. The zero-order chi connectivity index (χ0) is 16.6. The van der Waals surface area contributed by atoms with Crippen molar-refractivity contribution in [1.82, 2.24) is 0 Å². The van der Waals surface area contributed by atoms with E-state index in [0.29, 0.717) is 5.39 Å². The fraction of sp³-hybridized carbons (Fsp3) is 0. The average Bonchev–Trinajstić information content (AvgIpc) is 2.49. The number of hydrogen-bond donors (Lipinski definition) is 0. The summed E-state index contributed by atoms with van der Waals surface area (Å²) in [6, 6.07) is 11.0. The van der Waals surface area contributed by atoms with Crippen LogP contribution in [0.3, 0.4) is 0 Å². The van der Waals surface area contributed by atoms with Crippen LogP contribution in [0.25, 0.3) is 11.0 Å². The monoisotopic (exact) mass is 370 g/mol. The Bertz CT molecular complexity index is 1060. The number of halogens is 2. The van der Waals surface area contributed by atoms with E-state index in [9.17, 15) is 13.2 Å². The van der Waals surface area contributed by atoms with E-state index in [-0.39, 0.29) is 26.3 Å². The summed E-state index contributed by atoms with van der Waals surface area (Å²) in [5, 5.41) is 0.975. The first-order chi connectivity index (χ1) is 10.8. The Morgan fingerprint density at radius 2 is 1.65 bits per heavy atom. The molecule has 0 fully saturated rings. The standard InChI is InChI=1S/C15H8Cl2O5S/c16-12-5-4-11(8-13(12)17)23(19,20)22-10-3-1-9-2-6-15(18)21-14(9)7-10/h1-8H. The van der Waals surface area contributed by atoms with Crippen molar-refractivity contribution in [2.45, 2.75) is 4.90 Å². The van der Waals surface area contributed by atoms with Crippen molar-refractivity contribution in [2.24, 2.45) is 0 Å². The molecule has 0 aliphatic rings. The molecule has 0 N–H and O–H groups in total. The van der Waals surface area contributed by atoms with Crippen molar-refractivity contribution >= 4 is 44.3 Å². The summed E-state index contributed by atoms with van der Waals surface area (Å²) in [4.78, 5) is 11.1. The van der Waals surface area contributed by atoms with Gasteiger partial charge in [-0.3, -0.25) is 0 Å². The maximum atomic E-state index is 12.3. The van der Waals surface area contributed by atoms with Gasteiger partial charge in [-0.1, -0.05) is 23.2 Å². The lowest BCUT2D eigenvalue weighted by molar-refractivity contribution is 0.485. The highest BCUT2D eigenvalue weighted by Crippen LogP contribution is 2.27. The summed E-state index contributed by atoms with van der Waals surface area (Å²) in [5.74, 6) is 0.0120. The molecule has 0 saturated heterocycles. The van der Waals surface area contributed by atoms with E-state index in [0.717, 1.165) is 0 Å². The van der Waals surface area contributed by atoms with Gasteiger partial charge in [0.2, 0.25) is 0 Å². The van der Waals surface area contributed by atoms with Gasteiger partial charge in [0.1, 0.15) is 16.2 Å². The molecule has 0 amide bonds. The smallest absolute Gasteiger partial charge is 0.339 e. The van der Waals surface area contributed by atoms with E-state index in [1.165, 1.54) is 36.4 Å². The predicted molar refractivity (Wildman–Crippen MR) is 86.8 cm³/mol. The molecule has 1 aromatic heterocycles. The van der Waals surface area contributed by atoms with Crippen LogP contribution in [0.15, 0.2) is 62.6 Å². The van der Waals surface area contributed by atoms with Gasteiger partial charge in [-0.05, 0) is 36.4 Å². The molecule has 2 aromatic carbocycles. The zero-order valence-corrected chi connectivity index (χ0v) is 13.7. The van der Waals surface area contributed by atoms with Crippen LogP contribution < -0.4 is 9.81 Å². The van der Waals surface area contributed by atoms with Crippen molar-refractivity contribution < 1.29 is 17.0 Å². The molecule has 0 unspecified atom stereocenters. The predicted octanol–water partition coefficient (Wildman–Crippen LogP) is 3.87. The summed E-state index contributed by atoms with van der Waals surface area (Å²) in [6.07, 6.45) is 0. The first kappa shape index (κ1) is 15.9. The van der Waals surface area contributed by atoms with Crippen LogP contribution in [-0.4, -0.2) is 8.42 Å². The molecule has 0 aliphatic heterocycles. The fourth-order valence-corrected chi connectivity index (χ4v) is 3.21. The van der Waals surface area contributed by atoms with E-state index in [2.05, 4.69) is 0 Å². The maximum Gasteiger partial charge on any atom is 0.339 e. The lowest BCUT2D eigenvalue weighted by Gasteiger charge is -2.08. The maximum absolute atomic E-state index is 12.3. The molecule has 0 aliphatic carbocycles. The topological polar surface area (TPSA) is 73.6 Å². The van der Waals surface area contributed by atoms with Gasteiger partial charge >= 0.3 is 15.7 Å². The van der Waals surface area contributed by atoms with Crippen molar-refractivity contribution in [1.29, 1.82) is 0 Å². The Kier molecular flexibility index (Phi) is 4.06. The highest BCUT2D eigenvalue weighted by Gasteiger charge is 2.18. The lowest BCUT2D eigenvalue weighted by atomic mass is 10.2. The SMILES string of the molecule is O=c1ccc2ccc(OS(=O)(=O)c3ccc(Cl)c(Cl)c3)cc2o1. The largest absolute Gasteiger partial charge is 0.423 e. The van der Waals surface area contributed by atoms with Crippen LogP contribution >= 0.6 is 23.2 Å². The van der Waals surface area contributed by atoms with Crippen LogP contribution in [0.1, 0.15) is 0 Å². The Balaban J connectivity index is 1.99. The molecule has 23 heavy (non-hydrogen) atoms. The van der Waals surface area contributed by atoms with Gasteiger partial charge < -0.3 is 8.60 Å². The zero-order valence-electron chi connectivity index (χ0n) is 11.3. The van der Waals surface area contributed by atoms with Crippen molar-refractivity contribution in [3.05, 3.63) is 69.0 Å². The van der Waals surface area contributed by atoms with Gasteiger partial charge in [-0.25, -0.2) is 4.79 Å². The second kappa shape index (κ2) is 5.88. The summed E-state index contributed by atoms with van der Waals surface area (Å²) < 4.78 is 34.5. The Hall–Kier alpha value is -2.02. The van der Waals surface area contributed by atoms with Crippen molar-refractivity contribution in [3.63, 3.8) is 0 Å². The quantitative estimate of drug-likeness (QED) is 0.516. The highest BCUT2D eigenvalue weighted by atomic mass is 35.5. The number of hydrogen-bond acceptors (Lipinski definition) is 5. The Morgan fingerprint density at radius 1 is 0.913 bits per heavy atom. The summed E-state index contributed by atoms with van der Waals surface area (Å²) in [7, 11) is -4.09. The van der Waals surface area contributed by atoms with Crippen LogP contribution in [0.2, 0.25) is 10.0 Å². The van der Waals surface area contributed by atoms with Crippen LogP contribution in [0.4, 0.5) is 0 Å². The summed E-state index contributed by atoms with van der Waals surface area (Å²) >= 11 is 11.6. The van der Waals surface area contributed by atoms with Gasteiger partial charge in [0.25, 0.3) is 0 Å². The molecule has 1 heterocycles. The van der Waals surface area contributed by atoms with Crippen LogP contribution in [0.5, 0.6) is 5.75 Å². The van der Waals surface area contributed by atoms with Gasteiger partial charge in [0.05, 0.1) is 10.0 Å². The van der Waals surface area contributed by atoms with E-state index in [4.69, 9.17) is 31.8 Å². The molecular formula is C15H8Cl2O5S. The third-order valence-electron chi connectivity index (χ3n) is 2.98. The number of benzene rings is 2. The number of rotatable bonds is 3. The minimum Gasteiger partial charge on any atom is -0.423 e. The fourth-order valence-electron chi connectivity index (χ4n) is 1.90. The molecule has 118 valence electrons. The van der Waals surface area contributed by atoms with Gasteiger partial charge in [0.15, 0.2) is 0 Å². The third kappa shape index (κ3) is 3.34. The third-order valence-corrected chi connectivity index (χ3v) is 4.96. The lowest BCUT2D eigenvalue weighted by Crippen LogP contribution is -2.09. The second-order valence-electron chi connectivity index (χ2n) is 4.57. The minimum atomic E-state index is -4.09. The molecule has 3 aromatic rings. The van der Waals surface area contributed by atoms with Crippen molar-refractivity contribution in [3.8, 4) is 5.75 Å². The normalized spacial score (nSPS) is 11.6. The molecule has 5 nitrogen and oxygen atoms in total. The summed E-state index contributed by atoms with van der Waals surface area (Å²) in [5.41, 5.74) is -0.318. The molecule has 0 radical (unpaired) electrons. The molecule has 0 spiro atoms. The molecule has 0 bridgehead atoms. The van der Waals surface area contributed by atoms with Crippen molar-refractivity contribution in [2.75, 3.05) is 0 Å². The van der Waals surface area contributed by atoms with Crippen LogP contribution in [-0.2, 0) is 10.1 Å². The molecule has 0 saturated carbocycles. The van der Waals surface area contributed by atoms with Crippen LogP contribution in [0, 0.1) is 0 Å². The van der Waals surface area contributed by atoms with E-state index >= 15 is 0 Å². The highest BCUT2D eigenvalue weighted by molar-refractivity contribution is 7.87. The van der Waals surface area contributed by atoms with Gasteiger partial charge in [-0.2, -0.15) is 8.42 Å². The minimum absolute atomic E-state index is 0.0120. The van der Waals surface area contributed by atoms with E-state index in [1.807, 2.05) is 0 Å². The molecular weight excluding hydrogens is 363 g/mol. The number of fused-ring (bicyclic) bond motifs is 1. The first-order valence-corrected chi connectivity index (χ1v) is 8.45. The Morgan fingerprint density at radius 3 is 2.39 bits per heavy atom. The molecule has 0 atom stereocenters. The molecule has 3 rings (SSSR count). The van der Waals surface area contributed by atoms with Gasteiger partial charge in [0, 0.05) is 17.5 Å². The second-order valence-corrected chi connectivity index (χ2v) is 6.93.